The van der Waals surface area contributed by atoms with Gasteiger partial charge < -0.3 is 20.9 Å². The summed E-state index contributed by atoms with van der Waals surface area (Å²) in [4.78, 5) is 27.9. The fourth-order valence-corrected chi connectivity index (χ4v) is 5.10. The fourth-order valence-electron chi connectivity index (χ4n) is 5.10. The molecule has 2 aromatic rings. The lowest BCUT2D eigenvalue weighted by Gasteiger charge is -2.36. The molecule has 0 atom stereocenters. The molecule has 3 N–H and O–H groups in total. The van der Waals surface area contributed by atoms with Crippen molar-refractivity contribution in [3.05, 3.63) is 35.5 Å². The van der Waals surface area contributed by atoms with Crippen LogP contribution in [0.4, 0.5) is 27.9 Å². The third kappa shape index (κ3) is 5.15. The summed E-state index contributed by atoms with van der Waals surface area (Å²) in [5.41, 5.74) is 10.3. The number of primary amides is 1. The van der Waals surface area contributed by atoms with Crippen molar-refractivity contribution in [3.63, 3.8) is 0 Å². The molecule has 1 aromatic carbocycles. The van der Waals surface area contributed by atoms with Crippen molar-refractivity contribution in [2.75, 3.05) is 48.2 Å². The summed E-state index contributed by atoms with van der Waals surface area (Å²) in [5.74, 6) is 1.77. The number of anilines is 4. The van der Waals surface area contributed by atoms with Gasteiger partial charge in [0.25, 0.3) is 0 Å². The molecule has 0 spiro atoms. The average Bonchev–Trinajstić information content (AvgIpc) is 2.80. The SMILES string of the molecule is CN(C)c1ccc(N(C(N)=O)[C@H]2CC[C@@H](Nc3nc4c(c(N(C)C)n3)CCCC4)CC2)cc1. The summed E-state index contributed by atoms with van der Waals surface area (Å²) in [6, 6.07) is 8.01. The van der Waals surface area contributed by atoms with Crippen LogP contribution in [0.25, 0.3) is 0 Å². The van der Waals surface area contributed by atoms with Gasteiger partial charge in [0.15, 0.2) is 0 Å². The number of nitrogens with zero attached hydrogens (tertiary/aromatic N) is 5. The van der Waals surface area contributed by atoms with Crippen LogP contribution in [0.5, 0.6) is 0 Å². The molecule has 1 aromatic heterocycles. The molecule has 0 aliphatic heterocycles. The number of nitrogens with two attached hydrogens (primary N) is 1. The van der Waals surface area contributed by atoms with Gasteiger partial charge >= 0.3 is 6.03 Å². The quantitative estimate of drug-likeness (QED) is 0.694. The molecule has 1 saturated carbocycles. The minimum atomic E-state index is -0.391. The Morgan fingerprint density at radius 2 is 1.55 bits per heavy atom. The Bertz CT molecular complexity index is 965. The minimum absolute atomic E-state index is 0.104. The zero-order valence-electron chi connectivity index (χ0n) is 20.3. The Hall–Kier alpha value is -3.03. The molecular formula is C25H37N7O. The van der Waals surface area contributed by atoms with Crippen LogP contribution < -0.4 is 25.8 Å². The predicted molar refractivity (Wildman–Crippen MR) is 135 cm³/mol. The van der Waals surface area contributed by atoms with Crippen LogP contribution >= 0.6 is 0 Å². The van der Waals surface area contributed by atoms with Crippen LogP contribution in [0.1, 0.15) is 49.8 Å². The first-order valence-electron chi connectivity index (χ1n) is 12.0. The lowest BCUT2D eigenvalue weighted by atomic mass is 9.90. The van der Waals surface area contributed by atoms with E-state index in [0.717, 1.165) is 61.7 Å². The molecule has 2 aliphatic carbocycles. The lowest BCUT2D eigenvalue weighted by Crippen LogP contribution is -2.46. The van der Waals surface area contributed by atoms with Crippen LogP contribution in [0.15, 0.2) is 24.3 Å². The molecule has 1 fully saturated rings. The first-order valence-corrected chi connectivity index (χ1v) is 12.0. The van der Waals surface area contributed by atoms with Gasteiger partial charge in [0.05, 0.1) is 5.69 Å². The zero-order valence-corrected chi connectivity index (χ0v) is 20.3. The second-order valence-electron chi connectivity index (χ2n) is 9.67. The van der Waals surface area contributed by atoms with Gasteiger partial charge in [-0.05, 0) is 75.6 Å². The number of benzene rings is 1. The van der Waals surface area contributed by atoms with E-state index in [1.54, 1.807) is 4.90 Å². The predicted octanol–water partition coefficient (Wildman–Crippen LogP) is 3.80. The highest BCUT2D eigenvalue weighted by molar-refractivity contribution is 5.91. The van der Waals surface area contributed by atoms with Crippen LogP contribution in [0, 0.1) is 0 Å². The first kappa shape index (κ1) is 23.1. The van der Waals surface area contributed by atoms with Crippen molar-refractivity contribution in [2.45, 2.75) is 63.5 Å². The number of fused-ring (bicyclic) bond motifs is 1. The molecular weight excluding hydrogens is 414 g/mol. The molecule has 0 saturated heterocycles. The van der Waals surface area contributed by atoms with Gasteiger partial charge in [-0.25, -0.2) is 9.78 Å². The smallest absolute Gasteiger partial charge is 0.319 e. The maximum Gasteiger partial charge on any atom is 0.319 e. The number of rotatable bonds is 6. The van der Waals surface area contributed by atoms with Gasteiger partial charge in [0.2, 0.25) is 5.95 Å². The molecule has 8 nitrogen and oxygen atoms in total. The number of aryl methyl sites for hydroxylation is 1. The van der Waals surface area contributed by atoms with Crippen LogP contribution in [-0.2, 0) is 12.8 Å². The number of carbonyl (C=O) groups is 1. The largest absolute Gasteiger partial charge is 0.378 e. The van der Waals surface area contributed by atoms with Crippen molar-refractivity contribution in [3.8, 4) is 0 Å². The van der Waals surface area contributed by atoms with E-state index in [-0.39, 0.29) is 6.04 Å². The number of aromatic nitrogens is 2. The second-order valence-corrected chi connectivity index (χ2v) is 9.67. The Kier molecular flexibility index (Phi) is 6.91. The Balaban J connectivity index is 1.43. The highest BCUT2D eigenvalue weighted by atomic mass is 16.2. The van der Waals surface area contributed by atoms with Gasteiger partial charge in [-0.15, -0.1) is 0 Å². The second kappa shape index (κ2) is 9.85. The van der Waals surface area contributed by atoms with E-state index in [0.29, 0.717) is 6.04 Å². The van der Waals surface area contributed by atoms with Gasteiger partial charge in [-0.1, -0.05) is 0 Å². The number of nitrogens with one attached hydrogen (secondary N) is 1. The van der Waals surface area contributed by atoms with E-state index < -0.39 is 6.03 Å². The molecule has 4 rings (SSSR count). The maximum atomic E-state index is 12.3. The summed E-state index contributed by atoms with van der Waals surface area (Å²) in [6.45, 7) is 0. The first-order chi connectivity index (χ1) is 15.8. The van der Waals surface area contributed by atoms with Crippen molar-refractivity contribution in [1.82, 2.24) is 9.97 Å². The fraction of sp³-hybridized carbons (Fsp3) is 0.560. The Labute approximate surface area is 197 Å². The number of hydrogen-bond acceptors (Lipinski definition) is 6. The van der Waals surface area contributed by atoms with E-state index in [9.17, 15) is 4.79 Å². The summed E-state index contributed by atoms with van der Waals surface area (Å²) < 4.78 is 0. The van der Waals surface area contributed by atoms with E-state index in [4.69, 9.17) is 15.7 Å². The summed E-state index contributed by atoms with van der Waals surface area (Å²) in [6.07, 6.45) is 8.17. The molecule has 33 heavy (non-hydrogen) atoms. The van der Waals surface area contributed by atoms with Crippen LogP contribution in [0.3, 0.4) is 0 Å². The highest BCUT2D eigenvalue weighted by Gasteiger charge is 2.30. The van der Waals surface area contributed by atoms with E-state index in [1.165, 1.54) is 24.1 Å². The summed E-state index contributed by atoms with van der Waals surface area (Å²) >= 11 is 0. The number of carbonyl (C=O) groups excluding carboxylic acids is 1. The molecule has 178 valence electrons. The molecule has 2 amide bonds. The summed E-state index contributed by atoms with van der Waals surface area (Å²) in [5, 5.41) is 3.59. The van der Waals surface area contributed by atoms with Crippen molar-refractivity contribution < 1.29 is 4.79 Å². The van der Waals surface area contributed by atoms with Gasteiger partial charge in [-0.2, -0.15) is 4.98 Å². The highest BCUT2D eigenvalue weighted by Crippen LogP contribution is 2.32. The number of hydrogen-bond donors (Lipinski definition) is 2. The average molecular weight is 452 g/mol. The van der Waals surface area contributed by atoms with Gasteiger partial charge in [0, 0.05) is 57.2 Å². The third-order valence-electron chi connectivity index (χ3n) is 6.86. The lowest BCUT2D eigenvalue weighted by molar-refractivity contribution is 0.248. The van der Waals surface area contributed by atoms with Crippen LogP contribution in [-0.4, -0.2) is 56.3 Å². The monoisotopic (exact) mass is 451 g/mol. The Morgan fingerprint density at radius 3 is 2.15 bits per heavy atom. The van der Waals surface area contributed by atoms with Gasteiger partial charge in [-0.3, -0.25) is 4.90 Å². The Morgan fingerprint density at radius 1 is 0.909 bits per heavy atom. The molecule has 0 bridgehead atoms. The van der Waals surface area contributed by atoms with Crippen molar-refractivity contribution in [2.24, 2.45) is 5.73 Å². The molecule has 0 unspecified atom stereocenters. The topological polar surface area (TPSA) is 90.6 Å². The van der Waals surface area contributed by atoms with Crippen molar-refractivity contribution in [1.29, 1.82) is 0 Å². The molecule has 8 heteroatoms. The van der Waals surface area contributed by atoms with E-state index in [2.05, 4.69) is 24.3 Å². The normalized spacial score (nSPS) is 20.0. The van der Waals surface area contributed by atoms with E-state index >= 15 is 0 Å². The molecule has 1 heterocycles. The molecule has 2 aliphatic rings. The number of amides is 2. The standard InChI is InChI=1S/C25H37N7O/c1-30(2)18-13-15-20(16-14-18)32(24(26)33)19-11-9-17(10-12-19)27-25-28-22-8-6-5-7-21(22)23(29-25)31(3)4/h13-17,19H,5-12H2,1-4H3,(H2,26,33)(H,27,28,29)/t17-,19+. The van der Waals surface area contributed by atoms with E-state index in [1.807, 2.05) is 43.3 Å². The number of urea groups is 1. The van der Waals surface area contributed by atoms with Crippen molar-refractivity contribution >= 4 is 29.2 Å². The third-order valence-corrected chi connectivity index (χ3v) is 6.86. The molecule has 0 radical (unpaired) electrons. The van der Waals surface area contributed by atoms with Gasteiger partial charge in [0.1, 0.15) is 5.82 Å². The minimum Gasteiger partial charge on any atom is -0.378 e. The maximum absolute atomic E-state index is 12.3. The van der Waals surface area contributed by atoms with Crippen LogP contribution in [0.2, 0.25) is 0 Å². The zero-order chi connectivity index (χ0) is 23.5. The summed E-state index contributed by atoms with van der Waals surface area (Å²) in [7, 11) is 8.11.